The first-order chi connectivity index (χ1) is 8.49. The Hall–Kier alpha value is -1.42. The van der Waals surface area contributed by atoms with Crippen molar-refractivity contribution in [2.45, 2.75) is 18.7 Å². The van der Waals surface area contributed by atoms with Crippen molar-refractivity contribution in [1.82, 2.24) is 4.90 Å². The lowest BCUT2D eigenvalue weighted by Crippen LogP contribution is -2.43. The van der Waals surface area contributed by atoms with Gasteiger partial charge in [-0.3, -0.25) is 4.79 Å². The molecule has 1 aromatic rings. The molecule has 4 nitrogen and oxygen atoms in total. The number of rotatable bonds is 1. The van der Waals surface area contributed by atoms with Crippen LogP contribution in [-0.4, -0.2) is 39.5 Å². The fourth-order valence-corrected chi connectivity index (χ4v) is 2.37. The Morgan fingerprint density at radius 2 is 2.17 bits per heavy atom. The molecule has 2 rings (SSSR count). The SMILES string of the molecule is CC1CCN(C(=O)c2ccc(O)cc2O)CC1Cl. The first-order valence-corrected chi connectivity index (χ1v) is 6.38. The first-order valence-electron chi connectivity index (χ1n) is 5.94. The molecule has 1 aliphatic heterocycles. The lowest BCUT2D eigenvalue weighted by atomic mass is 9.98. The molecule has 2 atom stereocenters. The minimum atomic E-state index is -0.245. The third kappa shape index (κ3) is 2.53. The molecule has 0 spiro atoms. The van der Waals surface area contributed by atoms with Gasteiger partial charge in [0.1, 0.15) is 11.5 Å². The second kappa shape index (κ2) is 5.06. The van der Waals surface area contributed by atoms with Gasteiger partial charge in [-0.05, 0) is 24.5 Å². The number of benzene rings is 1. The van der Waals surface area contributed by atoms with Crippen molar-refractivity contribution in [2.24, 2.45) is 5.92 Å². The number of hydrogen-bond acceptors (Lipinski definition) is 3. The summed E-state index contributed by atoms with van der Waals surface area (Å²) < 4.78 is 0. The molecule has 1 saturated heterocycles. The quantitative estimate of drug-likeness (QED) is 0.769. The van der Waals surface area contributed by atoms with Gasteiger partial charge in [0.25, 0.3) is 5.91 Å². The fourth-order valence-electron chi connectivity index (χ4n) is 2.08. The molecule has 1 fully saturated rings. The van der Waals surface area contributed by atoms with Crippen molar-refractivity contribution >= 4 is 17.5 Å². The summed E-state index contributed by atoms with van der Waals surface area (Å²) in [5.74, 6) is -0.120. The highest BCUT2D eigenvalue weighted by atomic mass is 35.5. The zero-order valence-corrected chi connectivity index (χ0v) is 10.9. The molecule has 18 heavy (non-hydrogen) atoms. The van der Waals surface area contributed by atoms with Gasteiger partial charge in [0.05, 0.1) is 10.9 Å². The van der Waals surface area contributed by atoms with Crippen LogP contribution >= 0.6 is 11.6 Å². The molecule has 0 radical (unpaired) electrons. The molecule has 1 aliphatic rings. The molecule has 98 valence electrons. The Morgan fingerprint density at radius 3 is 2.78 bits per heavy atom. The molecule has 0 saturated carbocycles. The topological polar surface area (TPSA) is 60.8 Å². The van der Waals surface area contributed by atoms with Crippen molar-refractivity contribution in [3.63, 3.8) is 0 Å². The summed E-state index contributed by atoms with van der Waals surface area (Å²) >= 11 is 6.16. The Balaban J connectivity index is 2.16. The number of hydrogen-bond donors (Lipinski definition) is 2. The number of phenolic OH excluding ortho intramolecular Hbond substituents is 2. The van der Waals surface area contributed by atoms with E-state index in [-0.39, 0.29) is 28.3 Å². The molecule has 0 bridgehead atoms. The molecule has 1 amide bonds. The minimum absolute atomic E-state index is 0.0537. The fraction of sp³-hybridized carbons (Fsp3) is 0.462. The summed E-state index contributed by atoms with van der Waals surface area (Å²) in [6.07, 6.45) is 0.860. The van der Waals surface area contributed by atoms with Gasteiger partial charge in [0.15, 0.2) is 0 Å². The molecular formula is C13H16ClNO3. The number of carbonyl (C=O) groups is 1. The van der Waals surface area contributed by atoms with Crippen LogP contribution in [0.15, 0.2) is 18.2 Å². The molecule has 0 aromatic heterocycles. The van der Waals surface area contributed by atoms with Crippen LogP contribution in [0.4, 0.5) is 0 Å². The maximum absolute atomic E-state index is 12.2. The van der Waals surface area contributed by atoms with E-state index in [4.69, 9.17) is 11.6 Å². The van der Waals surface area contributed by atoms with E-state index in [0.29, 0.717) is 19.0 Å². The largest absolute Gasteiger partial charge is 0.508 e. The van der Waals surface area contributed by atoms with Gasteiger partial charge in [-0.2, -0.15) is 0 Å². The highest BCUT2D eigenvalue weighted by Gasteiger charge is 2.28. The van der Waals surface area contributed by atoms with Crippen molar-refractivity contribution in [1.29, 1.82) is 0 Å². The number of phenols is 2. The van der Waals surface area contributed by atoms with Crippen LogP contribution in [0.25, 0.3) is 0 Å². The average Bonchev–Trinajstić information content (AvgIpc) is 2.32. The van der Waals surface area contributed by atoms with E-state index in [1.165, 1.54) is 12.1 Å². The first kappa shape index (κ1) is 13.0. The summed E-state index contributed by atoms with van der Waals surface area (Å²) in [7, 11) is 0. The minimum Gasteiger partial charge on any atom is -0.508 e. The second-order valence-corrected chi connectivity index (χ2v) is 5.30. The average molecular weight is 270 g/mol. The molecule has 0 aliphatic carbocycles. The van der Waals surface area contributed by atoms with Gasteiger partial charge in [0.2, 0.25) is 0 Å². The zero-order chi connectivity index (χ0) is 13.3. The number of nitrogens with zero attached hydrogens (tertiary/aromatic N) is 1. The van der Waals surface area contributed by atoms with Crippen molar-refractivity contribution < 1.29 is 15.0 Å². The number of piperidine rings is 1. The molecule has 1 heterocycles. The maximum atomic E-state index is 12.2. The number of carbonyl (C=O) groups excluding carboxylic acids is 1. The number of alkyl halides is 1. The highest BCUT2D eigenvalue weighted by molar-refractivity contribution is 6.21. The lowest BCUT2D eigenvalue weighted by Gasteiger charge is -2.34. The van der Waals surface area contributed by atoms with E-state index < -0.39 is 0 Å². The monoisotopic (exact) mass is 269 g/mol. The van der Waals surface area contributed by atoms with Gasteiger partial charge in [-0.25, -0.2) is 0 Å². The van der Waals surface area contributed by atoms with E-state index in [1.807, 2.05) is 0 Å². The summed E-state index contributed by atoms with van der Waals surface area (Å²) in [5, 5.41) is 18.8. The van der Waals surface area contributed by atoms with Crippen LogP contribution in [-0.2, 0) is 0 Å². The van der Waals surface area contributed by atoms with Gasteiger partial charge >= 0.3 is 0 Å². The summed E-state index contributed by atoms with van der Waals surface area (Å²) in [6, 6.07) is 3.98. The predicted octanol–water partition coefficient (Wildman–Crippen LogP) is 2.19. The van der Waals surface area contributed by atoms with Crippen LogP contribution in [0.5, 0.6) is 11.5 Å². The summed E-state index contributed by atoms with van der Waals surface area (Å²) in [4.78, 5) is 13.9. The number of amides is 1. The van der Waals surface area contributed by atoms with Gasteiger partial charge in [-0.1, -0.05) is 6.92 Å². The maximum Gasteiger partial charge on any atom is 0.257 e. The smallest absolute Gasteiger partial charge is 0.257 e. The molecule has 5 heteroatoms. The van der Waals surface area contributed by atoms with E-state index in [1.54, 1.807) is 4.90 Å². The Bertz CT molecular complexity index is 464. The van der Waals surface area contributed by atoms with Crippen molar-refractivity contribution in [3.8, 4) is 11.5 Å². The third-order valence-corrected chi connectivity index (χ3v) is 3.93. The normalized spacial score (nSPS) is 24.0. The lowest BCUT2D eigenvalue weighted by molar-refractivity contribution is 0.0698. The highest BCUT2D eigenvalue weighted by Crippen LogP contribution is 2.27. The van der Waals surface area contributed by atoms with Crippen LogP contribution in [0.1, 0.15) is 23.7 Å². The number of aromatic hydroxyl groups is 2. The standard InChI is InChI=1S/C13H16ClNO3/c1-8-4-5-15(7-11(8)14)13(18)10-3-2-9(16)6-12(10)17/h2-3,6,8,11,16-17H,4-5,7H2,1H3. The Kier molecular flexibility index (Phi) is 3.66. The number of likely N-dealkylation sites (tertiary alicyclic amines) is 1. The van der Waals surface area contributed by atoms with Gasteiger partial charge < -0.3 is 15.1 Å². The molecule has 2 N–H and O–H groups in total. The predicted molar refractivity (Wildman–Crippen MR) is 69.1 cm³/mol. The molecular weight excluding hydrogens is 254 g/mol. The van der Waals surface area contributed by atoms with Crippen LogP contribution < -0.4 is 0 Å². The number of halogens is 1. The molecule has 2 unspecified atom stereocenters. The van der Waals surface area contributed by atoms with E-state index in [0.717, 1.165) is 12.5 Å². The van der Waals surface area contributed by atoms with E-state index in [2.05, 4.69) is 6.92 Å². The van der Waals surface area contributed by atoms with Crippen LogP contribution in [0, 0.1) is 5.92 Å². The third-order valence-electron chi connectivity index (χ3n) is 3.37. The van der Waals surface area contributed by atoms with E-state index >= 15 is 0 Å². The Labute approximate surface area is 111 Å². The Morgan fingerprint density at radius 1 is 1.44 bits per heavy atom. The zero-order valence-electron chi connectivity index (χ0n) is 10.1. The van der Waals surface area contributed by atoms with Gasteiger partial charge in [0, 0.05) is 19.2 Å². The van der Waals surface area contributed by atoms with Crippen molar-refractivity contribution in [3.05, 3.63) is 23.8 Å². The van der Waals surface area contributed by atoms with Crippen molar-refractivity contribution in [2.75, 3.05) is 13.1 Å². The van der Waals surface area contributed by atoms with Crippen LogP contribution in [0.2, 0.25) is 0 Å². The second-order valence-electron chi connectivity index (χ2n) is 4.73. The molecule has 1 aromatic carbocycles. The van der Waals surface area contributed by atoms with Crippen LogP contribution in [0.3, 0.4) is 0 Å². The van der Waals surface area contributed by atoms with Gasteiger partial charge in [-0.15, -0.1) is 11.6 Å². The van der Waals surface area contributed by atoms with E-state index in [9.17, 15) is 15.0 Å². The summed E-state index contributed by atoms with van der Waals surface area (Å²) in [5.41, 5.74) is 0.200. The summed E-state index contributed by atoms with van der Waals surface area (Å²) in [6.45, 7) is 3.20.